The molecule has 0 aliphatic rings. The van der Waals surface area contributed by atoms with Crippen molar-refractivity contribution in [3.05, 3.63) is 17.5 Å². The third kappa shape index (κ3) is 4.69. The zero-order valence-electron chi connectivity index (χ0n) is 11.7. The molecule has 1 aromatic rings. The molecule has 5 nitrogen and oxygen atoms in total. The largest absolute Gasteiger partial charge is 0.352 e. The summed E-state index contributed by atoms with van der Waals surface area (Å²) in [7, 11) is 0. The van der Waals surface area contributed by atoms with Gasteiger partial charge in [0, 0.05) is 18.3 Å². The SMILES string of the molecule is Cc1cc(C(=O)NCC(C)C)nc(NC(C)C)n1. The van der Waals surface area contributed by atoms with Gasteiger partial charge in [-0.15, -0.1) is 0 Å². The normalized spacial score (nSPS) is 10.8. The van der Waals surface area contributed by atoms with Gasteiger partial charge in [0.05, 0.1) is 0 Å². The molecule has 0 aromatic carbocycles. The van der Waals surface area contributed by atoms with Crippen LogP contribution in [0.5, 0.6) is 0 Å². The van der Waals surface area contributed by atoms with Crippen LogP contribution in [0.15, 0.2) is 6.07 Å². The fourth-order valence-corrected chi connectivity index (χ4v) is 1.39. The average Bonchev–Trinajstić information content (AvgIpc) is 2.23. The van der Waals surface area contributed by atoms with Crippen LogP contribution in [0.1, 0.15) is 43.9 Å². The summed E-state index contributed by atoms with van der Waals surface area (Å²) >= 11 is 0. The minimum absolute atomic E-state index is 0.152. The Hall–Kier alpha value is -1.65. The molecule has 5 heteroatoms. The van der Waals surface area contributed by atoms with E-state index in [1.54, 1.807) is 6.07 Å². The van der Waals surface area contributed by atoms with Crippen molar-refractivity contribution in [2.75, 3.05) is 11.9 Å². The van der Waals surface area contributed by atoms with E-state index in [-0.39, 0.29) is 11.9 Å². The number of carbonyl (C=O) groups excluding carboxylic acids is 1. The number of nitrogens with one attached hydrogen (secondary N) is 2. The molecule has 0 saturated carbocycles. The summed E-state index contributed by atoms with van der Waals surface area (Å²) in [5, 5.41) is 5.95. The summed E-state index contributed by atoms with van der Waals surface area (Å²) in [4.78, 5) is 20.4. The highest BCUT2D eigenvalue weighted by atomic mass is 16.1. The van der Waals surface area contributed by atoms with Crippen LogP contribution in [0.25, 0.3) is 0 Å². The first kappa shape index (κ1) is 14.4. The van der Waals surface area contributed by atoms with Crippen molar-refractivity contribution in [1.82, 2.24) is 15.3 Å². The molecule has 1 heterocycles. The van der Waals surface area contributed by atoms with Gasteiger partial charge in [0.2, 0.25) is 5.95 Å². The van der Waals surface area contributed by atoms with Gasteiger partial charge in [-0.2, -0.15) is 0 Å². The molecule has 0 saturated heterocycles. The molecule has 2 N–H and O–H groups in total. The second-order valence-corrected chi connectivity index (χ2v) is 5.12. The number of rotatable bonds is 5. The third-order valence-corrected chi connectivity index (χ3v) is 2.18. The van der Waals surface area contributed by atoms with Crippen molar-refractivity contribution < 1.29 is 4.79 Å². The summed E-state index contributed by atoms with van der Waals surface area (Å²) in [6.07, 6.45) is 0. The van der Waals surface area contributed by atoms with Gasteiger partial charge >= 0.3 is 0 Å². The quantitative estimate of drug-likeness (QED) is 0.838. The minimum Gasteiger partial charge on any atom is -0.352 e. The second-order valence-electron chi connectivity index (χ2n) is 5.12. The van der Waals surface area contributed by atoms with Gasteiger partial charge in [0.15, 0.2) is 0 Å². The molecule has 0 spiro atoms. The molecule has 1 rings (SSSR count). The van der Waals surface area contributed by atoms with Gasteiger partial charge in [-0.1, -0.05) is 13.8 Å². The predicted octanol–water partition coefficient (Wildman–Crippen LogP) is 1.99. The van der Waals surface area contributed by atoms with E-state index in [9.17, 15) is 4.79 Å². The van der Waals surface area contributed by atoms with Crippen LogP contribution in [0.3, 0.4) is 0 Å². The third-order valence-electron chi connectivity index (χ3n) is 2.18. The summed E-state index contributed by atoms with van der Waals surface area (Å²) in [6.45, 7) is 10.6. The van der Waals surface area contributed by atoms with Crippen molar-refractivity contribution in [3.8, 4) is 0 Å². The monoisotopic (exact) mass is 250 g/mol. The van der Waals surface area contributed by atoms with Gasteiger partial charge in [0.1, 0.15) is 5.69 Å². The smallest absolute Gasteiger partial charge is 0.270 e. The fraction of sp³-hybridized carbons (Fsp3) is 0.615. The summed E-state index contributed by atoms with van der Waals surface area (Å²) in [6, 6.07) is 1.93. The molecule has 0 unspecified atom stereocenters. The zero-order chi connectivity index (χ0) is 13.7. The molecule has 0 fully saturated rings. The molecular weight excluding hydrogens is 228 g/mol. The highest BCUT2D eigenvalue weighted by Gasteiger charge is 2.11. The van der Waals surface area contributed by atoms with Crippen molar-refractivity contribution in [1.29, 1.82) is 0 Å². The Balaban J connectivity index is 2.81. The van der Waals surface area contributed by atoms with Gasteiger partial charge in [-0.3, -0.25) is 4.79 Å². The molecular formula is C13H22N4O. The van der Waals surface area contributed by atoms with Crippen LogP contribution in [0.4, 0.5) is 5.95 Å². The maximum Gasteiger partial charge on any atom is 0.270 e. The molecule has 0 aliphatic carbocycles. The Morgan fingerprint density at radius 2 is 1.94 bits per heavy atom. The van der Waals surface area contributed by atoms with Gasteiger partial charge < -0.3 is 10.6 Å². The van der Waals surface area contributed by atoms with Gasteiger partial charge in [-0.25, -0.2) is 9.97 Å². The van der Waals surface area contributed by atoms with Crippen LogP contribution in [0.2, 0.25) is 0 Å². The predicted molar refractivity (Wildman–Crippen MR) is 72.7 cm³/mol. The van der Waals surface area contributed by atoms with Crippen LogP contribution in [-0.2, 0) is 0 Å². The molecule has 18 heavy (non-hydrogen) atoms. The van der Waals surface area contributed by atoms with Crippen LogP contribution in [0, 0.1) is 12.8 Å². The lowest BCUT2D eigenvalue weighted by molar-refractivity contribution is 0.0944. The first-order chi connectivity index (χ1) is 8.38. The number of carbonyl (C=O) groups is 1. The number of nitrogens with zero attached hydrogens (tertiary/aromatic N) is 2. The van der Waals surface area contributed by atoms with Gasteiger partial charge in [-0.05, 0) is 32.8 Å². The second kappa shape index (κ2) is 6.33. The van der Waals surface area contributed by atoms with Crippen LogP contribution < -0.4 is 10.6 Å². The summed E-state index contributed by atoms with van der Waals surface area (Å²) in [5.74, 6) is 0.769. The first-order valence-electron chi connectivity index (χ1n) is 6.29. The lowest BCUT2D eigenvalue weighted by Crippen LogP contribution is -2.28. The molecule has 1 amide bonds. The highest BCUT2D eigenvalue weighted by molar-refractivity contribution is 5.92. The Morgan fingerprint density at radius 3 is 2.50 bits per heavy atom. The van der Waals surface area contributed by atoms with E-state index in [1.165, 1.54) is 0 Å². The van der Waals surface area contributed by atoms with Gasteiger partial charge in [0.25, 0.3) is 5.91 Å². The van der Waals surface area contributed by atoms with E-state index in [0.717, 1.165) is 5.69 Å². The molecule has 0 atom stereocenters. The fourth-order valence-electron chi connectivity index (χ4n) is 1.39. The van der Waals surface area contributed by atoms with E-state index in [1.807, 2.05) is 20.8 Å². The Kier molecular flexibility index (Phi) is 5.07. The number of amides is 1. The lowest BCUT2D eigenvalue weighted by atomic mass is 10.2. The van der Waals surface area contributed by atoms with Crippen molar-refractivity contribution in [2.24, 2.45) is 5.92 Å². The minimum atomic E-state index is -0.152. The topological polar surface area (TPSA) is 66.9 Å². The molecule has 0 aliphatic heterocycles. The summed E-state index contributed by atoms with van der Waals surface area (Å²) in [5.41, 5.74) is 1.19. The summed E-state index contributed by atoms with van der Waals surface area (Å²) < 4.78 is 0. The molecule has 0 bridgehead atoms. The zero-order valence-corrected chi connectivity index (χ0v) is 11.7. The Labute approximate surface area is 108 Å². The molecule has 1 aromatic heterocycles. The number of hydrogen-bond donors (Lipinski definition) is 2. The lowest BCUT2D eigenvalue weighted by Gasteiger charge is -2.11. The van der Waals surface area contributed by atoms with E-state index in [0.29, 0.717) is 24.1 Å². The van der Waals surface area contributed by atoms with Crippen molar-refractivity contribution in [2.45, 2.75) is 40.7 Å². The number of aryl methyl sites for hydroxylation is 1. The number of hydrogen-bond acceptors (Lipinski definition) is 4. The van der Waals surface area contributed by atoms with E-state index < -0.39 is 0 Å². The van der Waals surface area contributed by atoms with Crippen molar-refractivity contribution in [3.63, 3.8) is 0 Å². The Morgan fingerprint density at radius 1 is 1.28 bits per heavy atom. The number of anilines is 1. The Bertz CT molecular complexity index is 415. The van der Waals surface area contributed by atoms with Crippen LogP contribution in [-0.4, -0.2) is 28.5 Å². The van der Waals surface area contributed by atoms with Crippen molar-refractivity contribution >= 4 is 11.9 Å². The average molecular weight is 250 g/mol. The van der Waals surface area contributed by atoms with E-state index in [2.05, 4.69) is 34.4 Å². The molecule has 0 radical (unpaired) electrons. The van der Waals surface area contributed by atoms with Crippen LogP contribution >= 0.6 is 0 Å². The number of aromatic nitrogens is 2. The maximum absolute atomic E-state index is 11.9. The maximum atomic E-state index is 11.9. The van der Waals surface area contributed by atoms with E-state index >= 15 is 0 Å². The standard InChI is InChI=1S/C13H22N4O/c1-8(2)7-14-12(18)11-6-10(5)16-13(17-11)15-9(3)4/h6,8-9H,7H2,1-5H3,(H,14,18)(H,15,16,17). The highest BCUT2D eigenvalue weighted by Crippen LogP contribution is 2.06. The van der Waals surface area contributed by atoms with E-state index in [4.69, 9.17) is 0 Å². The molecule has 100 valence electrons. The first-order valence-corrected chi connectivity index (χ1v) is 6.29.